The van der Waals surface area contributed by atoms with Crippen molar-refractivity contribution in [3.63, 3.8) is 0 Å². The van der Waals surface area contributed by atoms with Gasteiger partial charge < -0.3 is 4.74 Å². The lowest BCUT2D eigenvalue weighted by Crippen LogP contribution is -2.08. The van der Waals surface area contributed by atoms with E-state index >= 15 is 0 Å². The lowest BCUT2D eigenvalue weighted by atomic mass is 9.90. The first-order valence-corrected chi connectivity index (χ1v) is 18.0. The maximum atomic E-state index is 6.79. The molecular formula is C45H48N4O. The van der Waals surface area contributed by atoms with Gasteiger partial charge in [0.05, 0.1) is 28.1 Å². The number of hydrogen-bond donors (Lipinski definition) is 0. The molecule has 0 aliphatic carbocycles. The zero-order valence-electron chi connectivity index (χ0n) is 30.9. The average Bonchev–Trinajstić information content (AvgIpc) is 3.57. The molecule has 0 fully saturated rings. The Hall–Kier alpha value is -5.16. The number of pyridine rings is 1. The van der Waals surface area contributed by atoms with Crippen molar-refractivity contribution < 1.29 is 4.74 Å². The van der Waals surface area contributed by atoms with Crippen LogP contribution >= 0.6 is 0 Å². The number of fused-ring (bicyclic) bond motifs is 3. The summed E-state index contributed by atoms with van der Waals surface area (Å²) in [5, 5.41) is 7.61. The number of benzene rings is 4. The number of rotatable bonds is 9. The summed E-state index contributed by atoms with van der Waals surface area (Å²) in [4.78, 5) is 4.81. The third kappa shape index (κ3) is 6.10. The Morgan fingerprint density at radius 3 is 2.18 bits per heavy atom. The molecule has 0 amide bonds. The zero-order valence-corrected chi connectivity index (χ0v) is 30.9. The van der Waals surface area contributed by atoms with Gasteiger partial charge in [-0.1, -0.05) is 70.5 Å². The van der Waals surface area contributed by atoms with E-state index in [0.29, 0.717) is 11.8 Å². The van der Waals surface area contributed by atoms with Gasteiger partial charge in [0.25, 0.3) is 0 Å². The minimum Gasteiger partial charge on any atom is -0.457 e. The van der Waals surface area contributed by atoms with Crippen molar-refractivity contribution >= 4 is 21.8 Å². The molecule has 0 bridgehead atoms. The fourth-order valence-electron chi connectivity index (χ4n) is 7.58. The summed E-state index contributed by atoms with van der Waals surface area (Å²) in [5.74, 6) is 3.27. The van der Waals surface area contributed by atoms with Crippen molar-refractivity contribution in [1.29, 1.82) is 0 Å². The number of nitrogens with zero attached hydrogens (tertiary/aromatic N) is 4. The van der Waals surface area contributed by atoms with E-state index in [1.54, 1.807) is 0 Å². The van der Waals surface area contributed by atoms with Crippen LogP contribution in [0.4, 0.5) is 0 Å². The Labute approximate surface area is 296 Å². The molecule has 0 atom stereocenters. The predicted octanol–water partition coefficient (Wildman–Crippen LogP) is 11.9. The Morgan fingerprint density at radius 1 is 0.720 bits per heavy atom. The van der Waals surface area contributed by atoms with Crippen LogP contribution in [0.15, 0.2) is 91.1 Å². The minimum absolute atomic E-state index is 0.311. The van der Waals surface area contributed by atoms with Gasteiger partial charge in [-0.3, -0.25) is 4.57 Å². The van der Waals surface area contributed by atoms with Crippen LogP contribution in [0, 0.1) is 33.6 Å². The molecule has 254 valence electrons. The Morgan fingerprint density at radius 2 is 1.46 bits per heavy atom. The van der Waals surface area contributed by atoms with E-state index in [9.17, 15) is 0 Å². The fraction of sp³-hybridized carbons (Fsp3) is 0.289. The highest BCUT2D eigenvalue weighted by Gasteiger charge is 2.23. The normalized spacial score (nSPS) is 11.8. The summed E-state index contributed by atoms with van der Waals surface area (Å²) in [6.07, 6.45) is 3.78. The maximum Gasteiger partial charge on any atom is 0.137 e. The van der Waals surface area contributed by atoms with E-state index in [1.165, 1.54) is 55.4 Å². The predicted molar refractivity (Wildman–Crippen MR) is 209 cm³/mol. The van der Waals surface area contributed by atoms with Crippen LogP contribution in [0.3, 0.4) is 0 Å². The van der Waals surface area contributed by atoms with Crippen molar-refractivity contribution in [2.45, 2.75) is 81.1 Å². The molecule has 7 aromatic rings. The first-order valence-electron chi connectivity index (χ1n) is 18.0. The third-order valence-corrected chi connectivity index (χ3v) is 9.84. The molecule has 0 aliphatic rings. The summed E-state index contributed by atoms with van der Waals surface area (Å²) in [6.45, 7) is 20.0. The van der Waals surface area contributed by atoms with Gasteiger partial charge in [-0.2, -0.15) is 5.10 Å². The fourth-order valence-corrected chi connectivity index (χ4v) is 7.58. The number of aryl methyl sites for hydroxylation is 5. The van der Waals surface area contributed by atoms with Crippen LogP contribution in [-0.2, 0) is 12.8 Å². The van der Waals surface area contributed by atoms with E-state index in [-0.39, 0.29) is 0 Å². The Bertz CT molecular complexity index is 2350. The van der Waals surface area contributed by atoms with Gasteiger partial charge in [0.15, 0.2) is 0 Å². The van der Waals surface area contributed by atoms with Gasteiger partial charge in [0.1, 0.15) is 17.3 Å². The number of aromatic nitrogens is 4. The molecule has 50 heavy (non-hydrogen) atoms. The lowest BCUT2D eigenvalue weighted by molar-refractivity contribution is 0.481. The van der Waals surface area contributed by atoms with Crippen LogP contribution in [0.5, 0.6) is 11.5 Å². The molecule has 4 aromatic carbocycles. The average molecular weight is 661 g/mol. The first kappa shape index (κ1) is 33.3. The van der Waals surface area contributed by atoms with Gasteiger partial charge in [-0.25, -0.2) is 9.67 Å². The quantitative estimate of drug-likeness (QED) is 0.155. The molecule has 7 rings (SSSR count). The van der Waals surface area contributed by atoms with Gasteiger partial charge in [-0.05, 0) is 123 Å². The van der Waals surface area contributed by atoms with E-state index in [1.807, 2.05) is 6.20 Å². The third-order valence-electron chi connectivity index (χ3n) is 9.84. The second-order valence-corrected chi connectivity index (χ2v) is 14.6. The second kappa shape index (κ2) is 13.3. The van der Waals surface area contributed by atoms with Crippen molar-refractivity contribution in [2.24, 2.45) is 5.92 Å². The molecule has 3 heterocycles. The summed E-state index contributed by atoms with van der Waals surface area (Å²) in [7, 11) is 0. The summed E-state index contributed by atoms with van der Waals surface area (Å²) in [6, 6.07) is 30.4. The summed E-state index contributed by atoms with van der Waals surface area (Å²) in [5.41, 5.74) is 14.4. The van der Waals surface area contributed by atoms with Crippen molar-refractivity contribution in [2.75, 3.05) is 0 Å². The van der Waals surface area contributed by atoms with Crippen LogP contribution < -0.4 is 4.74 Å². The standard InChI is InChI=1S/C45H48N4O/c1-10-33-17-18-46-43(22-33)48-40-14-12-11-13-38(40)39-16-15-36(26-41(39)48)50-37-24-34(28(4)5)23-35(25-37)49-42(19-27(2)3)45(32(9)47-49)44-30(7)20-29(6)21-31(44)8/h11-18,20-28H,10,19H2,1-9H3. The highest BCUT2D eigenvalue weighted by molar-refractivity contribution is 6.09. The highest BCUT2D eigenvalue weighted by atomic mass is 16.5. The zero-order chi connectivity index (χ0) is 35.3. The summed E-state index contributed by atoms with van der Waals surface area (Å²) < 4.78 is 11.2. The molecule has 0 saturated heterocycles. The van der Waals surface area contributed by atoms with E-state index in [0.717, 1.165) is 52.6 Å². The van der Waals surface area contributed by atoms with Crippen LogP contribution in [0.1, 0.15) is 79.7 Å². The maximum absolute atomic E-state index is 6.79. The minimum atomic E-state index is 0.311. The van der Waals surface area contributed by atoms with Gasteiger partial charge in [0.2, 0.25) is 0 Å². The van der Waals surface area contributed by atoms with Crippen LogP contribution in [-0.4, -0.2) is 19.3 Å². The Kier molecular flexibility index (Phi) is 8.86. The molecule has 3 aromatic heterocycles. The molecule has 0 unspecified atom stereocenters. The lowest BCUT2D eigenvalue weighted by Gasteiger charge is -2.18. The van der Waals surface area contributed by atoms with Gasteiger partial charge in [-0.15, -0.1) is 0 Å². The van der Waals surface area contributed by atoms with E-state index < -0.39 is 0 Å². The molecule has 5 heteroatoms. The number of ether oxygens (including phenoxy) is 1. The number of hydrogen-bond acceptors (Lipinski definition) is 3. The molecule has 0 spiro atoms. The number of para-hydroxylation sites is 1. The van der Waals surface area contributed by atoms with Crippen LogP contribution in [0.25, 0.3) is 44.4 Å². The first-order chi connectivity index (χ1) is 24.0. The topological polar surface area (TPSA) is 44.9 Å². The summed E-state index contributed by atoms with van der Waals surface area (Å²) >= 11 is 0. The largest absolute Gasteiger partial charge is 0.457 e. The van der Waals surface area contributed by atoms with E-state index in [4.69, 9.17) is 14.8 Å². The van der Waals surface area contributed by atoms with Gasteiger partial charge in [0, 0.05) is 34.7 Å². The van der Waals surface area contributed by atoms with Crippen molar-refractivity contribution in [1.82, 2.24) is 19.3 Å². The molecular weight excluding hydrogens is 613 g/mol. The van der Waals surface area contributed by atoms with Crippen molar-refractivity contribution in [3.05, 3.63) is 130 Å². The molecule has 5 nitrogen and oxygen atoms in total. The Balaban J connectivity index is 1.37. The molecule has 0 saturated carbocycles. The molecule has 0 radical (unpaired) electrons. The van der Waals surface area contributed by atoms with E-state index in [2.05, 4.69) is 156 Å². The highest BCUT2D eigenvalue weighted by Crippen LogP contribution is 2.39. The van der Waals surface area contributed by atoms with Gasteiger partial charge >= 0.3 is 0 Å². The van der Waals surface area contributed by atoms with Crippen LogP contribution in [0.2, 0.25) is 0 Å². The van der Waals surface area contributed by atoms with Crippen molar-refractivity contribution in [3.8, 4) is 34.1 Å². The smallest absolute Gasteiger partial charge is 0.137 e. The molecule has 0 N–H and O–H groups in total. The molecule has 0 aliphatic heterocycles. The second-order valence-electron chi connectivity index (χ2n) is 14.6. The monoisotopic (exact) mass is 660 g/mol. The SMILES string of the molecule is CCc1ccnc(-n2c3ccccc3c3ccc(Oc4cc(C(C)C)cc(-n5nc(C)c(-c6c(C)cc(C)cc6C)c5CC(C)C)c4)cc32)c1.